The van der Waals surface area contributed by atoms with Crippen LogP contribution in [0.5, 0.6) is 0 Å². The number of nitrogens with zero attached hydrogens (tertiary/aromatic N) is 3. The number of aromatic nitrogens is 2. The lowest BCUT2D eigenvalue weighted by Crippen LogP contribution is -2.35. The number of para-hydroxylation sites is 1. The van der Waals surface area contributed by atoms with Crippen LogP contribution in [0, 0.1) is 6.92 Å². The minimum Gasteiger partial charge on any atom is -0.324 e. The van der Waals surface area contributed by atoms with Gasteiger partial charge in [0.15, 0.2) is 0 Å². The highest BCUT2D eigenvalue weighted by Crippen LogP contribution is 2.29. The number of carbonyl (C=O) groups excluding carboxylic acids is 1. The van der Waals surface area contributed by atoms with E-state index in [1.54, 1.807) is 0 Å². The van der Waals surface area contributed by atoms with Crippen molar-refractivity contribution in [3.05, 3.63) is 53.3 Å². The number of hydrogen-bond donors (Lipinski definition) is 1. The minimum atomic E-state index is -3.62. The van der Waals surface area contributed by atoms with E-state index in [1.165, 1.54) is 34.3 Å². The Bertz CT molecular complexity index is 1260. The predicted octanol–water partition coefficient (Wildman–Crippen LogP) is 4.50. The Morgan fingerprint density at radius 2 is 1.88 bits per heavy atom. The SMILES string of the molecule is Cc1nc(SCC(=O)Nc2cc(S(=O)(=O)N3CCCCC3)ccc2Cl)c2ccccc2n1. The lowest BCUT2D eigenvalue weighted by Gasteiger charge is -2.26. The maximum Gasteiger partial charge on any atom is 0.243 e. The van der Waals surface area contributed by atoms with Crippen molar-refractivity contribution in [3.63, 3.8) is 0 Å². The number of nitrogens with one attached hydrogen (secondary N) is 1. The fraction of sp³-hybridized carbons (Fsp3) is 0.318. The molecule has 2 heterocycles. The van der Waals surface area contributed by atoms with Crippen LogP contribution in [0.2, 0.25) is 5.02 Å². The van der Waals surface area contributed by atoms with Gasteiger partial charge in [-0.1, -0.05) is 48.0 Å². The smallest absolute Gasteiger partial charge is 0.243 e. The van der Waals surface area contributed by atoms with Crippen molar-refractivity contribution in [2.75, 3.05) is 24.2 Å². The molecule has 1 N–H and O–H groups in total. The first-order valence-corrected chi connectivity index (χ1v) is 13.1. The molecule has 1 aromatic heterocycles. The number of benzene rings is 2. The molecule has 4 rings (SSSR count). The van der Waals surface area contributed by atoms with Crippen LogP contribution in [0.25, 0.3) is 10.9 Å². The molecule has 0 spiro atoms. The van der Waals surface area contributed by atoms with E-state index >= 15 is 0 Å². The van der Waals surface area contributed by atoms with Gasteiger partial charge in [-0.3, -0.25) is 4.79 Å². The highest BCUT2D eigenvalue weighted by Gasteiger charge is 2.26. The normalized spacial score (nSPS) is 15.1. The molecule has 0 unspecified atom stereocenters. The Labute approximate surface area is 196 Å². The molecular formula is C22H23ClN4O3S2. The number of fused-ring (bicyclic) bond motifs is 1. The number of hydrogen-bond acceptors (Lipinski definition) is 6. The average Bonchev–Trinajstić information content (AvgIpc) is 2.79. The van der Waals surface area contributed by atoms with E-state index < -0.39 is 10.0 Å². The van der Waals surface area contributed by atoms with Gasteiger partial charge in [-0.05, 0) is 44.0 Å². The Morgan fingerprint density at radius 1 is 1.12 bits per heavy atom. The van der Waals surface area contributed by atoms with E-state index in [0.717, 1.165) is 35.2 Å². The number of sulfonamides is 1. The summed E-state index contributed by atoms with van der Waals surface area (Å²) in [6.45, 7) is 2.83. The van der Waals surface area contributed by atoms with E-state index in [-0.39, 0.29) is 27.3 Å². The second-order valence-corrected chi connectivity index (χ2v) is 10.8. The zero-order chi connectivity index (χ0) is 22.7. The van der Waals surface area contributed by atoms with Crippen molar-refractivity contribution in [2.45, 2.75) is 36.1 Å². The minimum absolute atomic E-state index is 0.0971. The number of rotatable bonds is 6. The second-order valence-electron chi connectivity index (χ2n) is 7.54. The van der Waals surface area contributed by atoms with Crippen LogP contribution in [0.1, 0.15) is 25.1 Å². The Hall–Kier alpha value is -2.20. The molecule has 1 amide bonds. The van der Waals surface area contributed by atoms with Crippen molar-refractivity contribution in [3.8, 4) is 0 Å². The first-order chi connectivity index (χ1) is 15.3. The summed E-state index contributed by atoms with van der Waals surface area (Å²) in [7, 11) is -3.62. The zero-order valence-corrected chi connectivity index (χ0v) is 19.9. The van der Waals surface area contributed by atoms with Gasteiger partial charge in [0.25, 0.3) is 0 Å². The molecule has 10 heteroatoms. The van der Waals surface area contributed by atoms with Gasteiger partial charge in [-0.2, -0.15) is 4.31 Å². The maximum absolute atomic E-state index is 13.0. The molecule has 0 aliphatic carbocycles. The van der Waals surface area contributed by atoms with Crippen molar-refractivity contribution in [2.24, 2.45) is 0 Å². The monoisotopic (exact) mass is 490 g/mol. The highest BCUT2D eigenvalue weighted by molar-refractivity contribution is 8.00. The van der Waals surface area contributed by atoms with Gasteiger partial charge >= 0.3 is 0 Å². The summed E-state index contributed by atoms with van der Waals surface area (Å²) in [6, 6.07) is 12.0. The fourth-order valence-corrected chi connectivity index (χ4v) is 6.18. The van der Waals surface area contributed by atoms with Crippen molar-refractivity contribution < 1.29 is 13.2 Å². The molecule has 7 nitrogen and oxygen atoms in total. The summed E-state index contributed by atoms with van der Waals surface area (Å²) >= 11 is 7.54. The van der Waals surface area contributed by atoms with Gasteiger partial charge in [0.1, 0.15) is 10.9 Å². The molecule has 168 valence electrons. The lowest BCUT2D eigenvalue weighted by atomic mass is 10.2. The molecule has 1 aliphatic rings. The van der Waals surface area contributed by atoms with Crippen LogP contribution in [0.15, 0.2) is 52.4 Å². The topological polar surface area (TPSA) is 92.3 Å². The van der Waals surface area contributed by atoms with E-state index in [0.29, 0.717) is 18.9 Å². The largest absolute Gasteiger partial charge is 0.324 e. The predicted molar refractivity (Wildman–Crippen MR) is 128 cm³/mol. The Kier molecular flexibility index (Phi) is 6.99. The summed E-state index contributed by atoms with van der Waals surface area (Å²) in [5.74, 6) is 0.426. The summed E-state index contributed by atoms with van der Waals surface area (Å²) in [4.78, 5) is 21.6. The van der Waals surface area contributed by atoms with Crippen LogP contribution in [-0.4, -0.2) is 47.4 Å². The molecule has 1 aliphatic heterocycles. The molecule has 1 fully saturated rings. The van der Waals surface area contributed by atoms with E-state index in [4.69, 9.17) is 11.6 Å². The molecule has 0 bridgehead atoms. The number of aryl methyl sites for hydroxylation is 1. The second kappa shape index (κ2) is 9.74. The number of anilines is 1. The highest BCUT2D eigenvalue weighted by atomic mass is 35.5. The first-order valence-electron chi connectivity index (χ1n) is 10.3. The van der Waals surface area contributed by atoms with E-state index in [9.17, 15) is 13.2 Å². The number of thioether (sulfide) groups is 1. The third kappa shape index (κ3) is 5.06. The van der Waals surface area contributed by atoms with E-state index in [2.05, 4.69) is 15.3 Å². The third-order valence-electron chi connectivity index (χ3n) is 5.18. The lowest BCUT2D eigenvalue weighted by molar-refractivity contribution is -0.113. The molecule has 32 heavy (non-hydrogen) atoms. The zero-order valence-electron chi connectivity index (χ0n) is 17.5. The van der Waals surface area contributed by atoms with Crippen LogP contribution >= 0.6 is 23.4 Å². The molecule has 0 atom stereocenters. The number of amides is 1. The van der Waals surface area contributed by atoms with Gasteiger partial charge in [-0.25, -0.2) is 18.4 Å². The van der Waals surface area contributed by atoms with Gasteiger partial charge < -0.3 is 5.32 Å². The van der Waals surface area contributed by atoms with Gasteiger partial charge in [0.2, 0.25) is 15.9 Å². The van der Waals surface area contributed by atoms with Crippen LogP contribution in [-0.2, 0) is 14.8 Å². The summed E-state index contributed by atoms with van der Waals surface area (Å²) in [5, 5.41) is 4.62. The molecule has 2 aromatic carbocycles. The number of carbonyl (C=O) groups is 1. The van der Waals surface area contributed by atoms with Gasteiger partial charge in [0.05, 0.1) is 26.9 Å². The van der Waals surface area contributed by atoms with Crippen molar-refractivity contribution in [1.82, 2.24) is 14.3 Å². The average molecular weight is 491 g/mol. The third-order valence-corrected chi connectivity index (χ3v) is 8.40. The quantitative estimate of drug-likeness (QED) is 0.404. The summed E-state index contributed by atoms with van der Waals surface area (Å²) < 4.78 is 27.4. The molecule has 0 saturated carbocycles. The van der Waals surface area contributed by atoms with E-state index in [1.807, 2.05) is 31.2 Å². The van der Waals surface area contributed by atoms with Gasteiger partial charge in [0, 0.05) is 18.5 Å². The first kappa shape index (κ1) is 23.0. The standard InChI is InChI=1S/C22H23ClN4O3S2/c1-15-24-19-8-4-3-7-17(19)22(25-15)31-14-21(28)26-20-13-16(9-10-18(20)23)32(29,30)27-11-5-2-6-12-27/h3-4,7-10,13H,2,5-6,11-12,14H2,1H3,(H,26,28). The van der Waals surface area contributed by atoms with Crippen LogP contribution in [0.4, 0.5) is 5.69 Å². The molecular weight excluding hydrogens is 468 g/mol. The molecule has 0 radical (unpaired) electrons. The Balaban J connectivity index is 1.49. The van der Waals surface area contributed by atoms with Crippen LogP contribution in [0.3, 0.4) is 0 Å². The molecule has 1 saturated heterocycles. The maximum atomic E-state index is 13.0. The van der Waals surface area contributed by atoms with Crippen molar-refractivity contribution in [1.29, 1.82) is 0 Å². The number of piperidine rings is 1. The summed E-state index contributed by atoms with van der Waals surface area (Å²) in [5.41, 5.74) is 1.10. The fourth-order valence-electron chi connectivity index (χ4n) is 3.60. The van der Waals surface area contributed by atoms with Crippen molar-refractivity contribution >= 4 is 55.9 Å². The summed E-state index contributed by atoms with van der Waals surface area (Å²) in [6.07, 6.45) is 2.74. The number of halogens is 1. The van der Waals surface area contributed by atoms with Crippen LogP contribution < -0.4 is 5.32 Å². The Morgan fingerprint density at radius 3 is 2.66 bits per heavy atom. The molecule has 3 aromatic rings. The van der Waals surface area contributed by atoms with Gasteiger partial charge in [-0.15, -0.1) is 0 Å².